The third-order valence-corrected chi connectivity index (χ3v) is 3.44. The second kappa shape index (κ2) is 6.29. The van der Waals surface area contributed by atoms with Gasteiger partial charge in [0.15, 0.2) is 0 Å². The highest BCUT2D eigenvalue weighted by Crippen LogP contribution is 2.30. The van der Waals surface area contributed by atoms with E-state index in [1.807, 2.05) is 5.32 Å². The Morgan fingerprint density at radius 2 is 1.89 bits per heavy atom. The first kappa shape index (κ1) is 15.1. The van der Waals surface area contributed by atoms with Crippen LogP contribution in [0.25, 0.3) is 0 Å². The quantitative estimate of drug-likeness (QED) is 0.810. The summed E-state index contributed by atoms with van der Waals surface area (Å²) in [6, 6.07) is -0.725. The molecule has 0 saturated heterocycles. The number of halogens is 3. The number of carbonyl (C=O) groups excluding carboxylic acids is 1. The van der Waals surface area contributed by atoms with Crippen molar-refractivity contribution in [3.05, 3.63) is 0 Å². The highest BCUT2D eigenvalue weighted by Gasteiger charge is 2.31. The van der Waals surface area contributed by atoms with Crippen molar-refractivity contribution in [2.45, 2.75) is 51.7 Å². The zero-order valence-corrected chi connectivity index (χ0v) is 10.8. The topological polar surface area (TPSA) is 41.1 Å². The standard InChI is InChI=1S/C12H21F3N2O/c1-8(2)9-5-3-4-6-10(9)17-11(18)16-7-12(13,14)15/h8-10H,3-7H2,1-2H3,(H2,16,17,18)/t9-,10+/m0/s1. The summed E-state index contributed by atoms with van der Waals surface area (Å²) in [6.07, 6.45) is -0.329. The van der Waals surface area contributed by atoms with Crippen molar-refractivity contribution >= 4 is 6.03 Å². The highest BCUT2D eigenvalue weighted by molar-refractivity contribution is 5.74. The van der Waals surface area contributed by atoms with Crippen LogP contribution in [0, 0.1) is 11.8 Å². The molecule has 0 aromatic heterocycles. The Bertz CT molecular complexity index is 279. The van der Waals surface area contributed by atoms with Gasteiger partial charge >= 0.3 is 12.2 Å². The van der Waals surface area contributed by atoms with E-state index in [0.29, 0.717) is 11.8 Å². The molecule has 2 N–H and O–H groups in total. The monoisotopic (exact) mass is 266 g/mol. The SMILES string of the molecule is CC(C)[C@@H]1CCCC[C@H]1NC(=O)NCC(F)(F)F. The number of carbonyl (C=O) groups is 1. The van der Waals surface area contributed by atoms with Gasteiger partial charge in [-0.1, -0.05) is 26.7 Å². The van der Waals surface area contributed by atoms with E-state index in [2.05, 4.69) is 19.2 Å². The Balaban J connectivity index is 2.41. The summed E-state index contributed by atoms with van der Waals surface area (Å²) >= 11 is 0. The van der Waals surface area contributed by atoms with E-state index in [-0.39, 0.29) is 6.04 Å². The van der Waals surface area contributed by atoms with Crippen molar-refractivity contribution < 1.29 is 18.0 Å². The zero-order chi connectivity index (χ0) is 13.8. The number of hydrogen-bond acceptors (Lipinski definition) is 1. The number of urea groups is 1. The number of hydrogen-bond donors (Lipinski definition) is 2. The Morgan fingerprint density at radius 1 is 1.28 bits per heavy atom. The van der Waals surface area contributed by atoms with Crippen LogP contribution >= 0.6 is 0 Å². The van der Waals surface area contributed by atoms with Crippen molar-refractivity contribution in [2.24, 2.45) is 11.8 Å². The fourth-order valence-corrected chi connectivity index (χ4v) is 2.54. The summed E-state index contributed by atoms with van der Waals surface area (Å²) in [5, 5.41) is 4.53. The van der Waals surface area contributed by atoms with Crippen LogP contribution in [0.1, 0.15) is 39.5 Å². The van der Waals surface area contributed by atoms with Gasteiger partial charge in [-0.3, -0.25) is 0 Å². The zero-order valence-electron chi connectivity index (χ0n) is 10.8. The van der Waals surface area contributed by atoms with E-state index in [9.17, 15) is 18.0 Å². The smallest absolute Gasteiger partial charge is 0.335 e. The van der Waals surface area contributed by atoms with E-state index in [4.69, 9.17) is 0 Å². The molecule has 3 nitrogen and oxygen atoms in total. The molecule has 106 valence electrons. The summed E-state index contributed by atoms with van der Waals surface area (Å²) in [5.41, 5.74) is 0. The van der Waals surface area contributed by atoms with Crippen molar-refractivity contribution in [3.8, 4) is 0 Å². The van der Waals surface area contributed by atoms with Crippen LogP contribution in [0.15, 0.2) is 0 Å². The second-order valence-corrected chi connectivity index (χ2v) is 5.24. The van der Waals surface area contributed by atoms with Gasteiger partial charge in [0.1, 0.15) is 6.54 Å². The van der Waals surface area contributed by atoms with E-state index in [0.717, 1.165) is 25.7 Å². The maximum Gasteiger partial charge on any atom is 0.405 e. The molecule has 2 atom stereocenters. The average molecular weight is 266 g/mol. The summed E-state index contributed by atoms with van der Waals surface area (Å²) in [4.78, 5) is 11.4. The molecule has 1 saturated carbocycles. The molecular formula is C12H21F3N2O. The van der Waals surface area contributed by atoms with Crippen LogP contribution in [0.2, 0.25) is 0 Å². The van der Waals surface area contributed by atoms with Gasteiger partial charge in [0.05, 0.1) is 0 Å². The fourth-order valence-electron chi connectivity index (χ4n) is 2.54. The van der Waals surface area contributed by atoms with E-state index in [1.165, 1.54) is 0 Å². The van der Waals surface area contributed by atoms with Crippen LogP contribution in [0.5, 0.6) is 0 Å². The molecule has 1 aliphatic carbocycles. The predicted octanol–water partition coefficient (Wildman–Crippen LogP) is 3.06. The van der Waals surface area contributed by atoms with Crippen molar-refractivity contribution in [1.29, 1.82) is 0 Å². The number of alkyl halides is 3. The summed E-state index contributed by atoms with van der Waals surface area (Å²) in [5.74, 6) is 0.786. The van der Waals surface area contributed by atoms with Gasteiger partial charge in [-0.25, -0.2) is 4.79 Å². The molecule has 0 aromatic carbocycles. The van der Waals surface area contributed by atoms with Gasteiger partial charge in [0, 0.05) is 6.04 Å². The molecule has 0 radical (unpaired) electrons. The fraction of sp³-hybridized carbons (Fsp3) is 0.917. The minimum atomic E-state index is -4.36. The first-order valence-corrected chi connectivity index (χ1v) is 6.40. The van der Waals surface area contributed by atoms with Crippen LogP contribution < -0.4 is 10.6 Å². The van der Waals surface area contributed by atoms with Crippen LogP contribution in [0.4, 0.5) is 18.0 Å². The molecule has 0 unspecified atom stereocenters. The van der Waals surface area contributed by atoms with Crippen LogP contribution in [-0.4, -0.2) is 24.8 Å². The lowest BCUT2D eigenvalue weighted by Crippen LogP contribution is -2.49. The molecule has 1 fully saturated rings. The minimum Gasteiger partial charge on any atom is -0.335 e. The molecule has 6 heteroatoms. The van der Waals surface area contributed by atoms with Crippen molar-refractivity contribution in [2.75, 3.05) is 6.54 Å². The van der Waals surface area contributed by atoms with Gasteiger partial charge in [-0.05, 0) is 24.7 Å². The van der Waals surface area contributed by atoms with Gasteiger partial charge in [-0.2, -0.15) is 13.2 Å². The maximum atomic E-state index is 12.0. The van der Waals surface area contributed by atoms with E-state index < -0.39 is 18.8 Å². The lowest BCUT2D eigenvalue weighted by molar-refractivity contribution is -0.122. The average Bonchev–Trinajstić information content (AvgIpc) is 2.26. The Kier molecular flexibility index (Phi) is 5.28. The molecule has 18 heavy (non-hydrogen) atoms. The molecule has 1 rings (SSSR count). The summed E-state index contributed by atoms with van der Waals surface area (Å²) < 4.78 is 35.9. The predicted molar refractivity (Wildman–Crippen MR) is 63.2 cm³/mol. The maximum absolute atomic E-state index is 12.0. The van der Waals surface area contributed by atoms with Gasteiger partial charge in [0.25, 0.3) is 0 Å². The highest BCUT2D eigenvalue weighted by atomic mass is 19.4. The molecular weight excluding hydrogens is 245 g/mol. The van der Waals surface area contributed by atoms with Crippen molar-refractivity contribution in [1.82, 2.24) is 10.6 Å². The molecule has 2 amide bonds. The summed E-state index contributed by atoms with van der Waals surface area (Å²) in [7, 11) is 0. The van der Waals surface area contributed by atoms with Gasteiger partial charge < -0.3 is 10.6 Å². The second-order valence-electron chi connectivity index (χ2n) is 5.24. The van der Waals surface area contributed by atoms with E-state index in [1.54, 1.807) is 0 Å². The molecule has 0 aromatic rings. The van der Waals surface area contributed by atoms with Crippen LogP contribution in [-0.2, 0) is 0 Å². The Labute approximate surface area is 106 Å². The minimum absolute atomic E-state index is 0.00742. The Hall–Kier alpha value is -0.940. The molecule has 0 aliphatic heterocycles. The van der Waals surface area contributed by atoms with E-state index >= 15 is 0 Å². The lowest BCUT2D eigenvalue weighted by atomic mass is 9.78. The molecule has 0 bridgehead atoms. The molecule has 1 aliphatic rings. The third-order valence-electron chi connectivity index (χ3n) is 3.44. The molecule has 0 spiro atoms. The molecule has 0 heterocycles. The number of rotatable bonds is 3. The van der Waals surface area contributed by atoms with Gasteiger partial charge in [0.2, 0.25) is 0 Å². The van der Waals surface area contributed by atoms with Gasteiger partial charge in [-0.15, -0.1) is 0 Å². The first-order chi connectivity index (χ1) is 8.29. The largest absolute Gasteiger partial charge is 0.405 e. The first-order valence-electron chi connectivity index (χ1n) is 6.40. The summed E-state index contributed by atoms with van der Waals surface area (Å²) in [6.45, 7) is 2.88. The number of nitrogens with one attached hydrogen (secondary N) is 2. The normalized spacial score (nSPS) is 25.0. The van der Waals surface area contributed by atoms with Crippen molar-refractivity contribution in [3.63, 3.8) is 0 Å². The Morgan fingerprint density at radius 3 is 2.44 bits per heavy atom. The van der Waals surface area contributed by atoms with Crippen LogP contribution in [0.3, 0.4) is 0 Å². The number of amides is 2. The third kappa shape index (κ3) is 5.14. The lowest BCUT2D eigenvalue weighted by Gasteiger charge is -2.34.